The first-order chi connectivity index (χ1) is 11.1. The maximum atomic E-state index is 10.3. The van der Waals surface area contributed by atoms with Gasteiger partial charge in [0.1, 0.15) is 18.5 Å². The van der Waals surface area contributed by atoms with Crippen LogP contribution in [0, 0.1) is 13.8 Å². The number of aryl methyl sites for hydroxylation is 2. The number of fused-ring (bicyclic) bond motifs is 1. The molecule has 1 heterocycles. The second kappa shape index (κ2) is 7.16. The molecule has 23 heavy (non-hydrogen) atoms. The second-order valence-corrected chi connectivity index (χ2v) is 6.44. The molecule has 0 radical (unpaired) electrons. The van der Waals surface area contributed by atoms with Crippen LogP contribution in [0.15, 0.2) is 42.5 Å². The highest BCUT2D eigenvalue weighted by atomic mass is 16.5. The standard InChI is InChI=1S/C20H25NO2/c1-15-6-5-7-16(2)20(15)23-14-19(22)13-21-11-10-17-8-3-4-9-18(17)12-21/h3-9,19,22H,10-14H2,1-2H3/t19-/m1/s1. The zero-order chi connectivity index (χ0) is 16.2. The normalized spacial score (nSPS) is 16.0. The molecule has 0 fully saturated rings. The highest BCUT2D eigenvalue weighted by molar-refractivity contribution is 5.39. The van der Waals surface area contributed by atoms with Gasteiger partial charge in [-0.25, -0.2) is 0 Å². The van der Waals surface area contributed by atoms with Crippen molar-refractivity contribution in [3.63, 3.8) is 0 Å². The summed E-state index contributed by atoms with van der Waals surface area (Å²) < 4.78 is 5.86. The van der Waals surface area contributed by atoms with Crippen molar-refractivity contribution in [3.8, 4) is 5.75 Å². The van der Waals surface area contributed by atoms with Gasteiger partial charge in [0.2, 0.25) is 0 Å². The fraction of sp³-hybridized carbons (Fsp3) is 0.400. The number of aliphatic hydroxyl groups excluding tert-OH is 1. The van der Waals surface area contributed by atoms with Crippen LogP contribution in [0.4, 0.5) is 0 Å². The first-order valence-corrected chi connectivity index (χ1v) is 8.29. The molecule has 0 spiro atoms. The van der Waals surface area contributed by atoms with Gasteiger partial charge in [-0.1, -0.05) is 42.5 Å². The topological polar surface area (TPSA) is 32.7 Å². The number of ether oxygens (including phenoxy) is 1. The van der Waals surface area contributed by atoms with Crippen molar-refractivity contribution in [2.45, 2.75) is 32.9 Å². The summed E-state index contributed by atoms with van der Waals surface area (Å²) >= 11 is 0. The number of hydrogen-bond donors (Lipinski definition) is 1. The molecule has 1 aliphatic heterocycles. The summed E-state index contributed by atoms with van der Waals surface area (Å²) in [6.45, 7) is 6.98. The minimum absolute atomic E-state index is 0.337. The minimum atomic E-state index is -0.473. The molecule has 1 aliphatic rings. The Hall–Kier alpha value is -1.84. The van der Waals surface area contributed by atoms with E-state index in [0.29, 0.717) is 13.2 Å². The number of para-hydroxylation sites is 1. The lowest BCUT2D eigenvalue weighted by molar-refractivity contribution is 0.0633. The molecule has 0 aromatic heterocycles. The van der Waals surface area contributed by atoms with E-state index >= 15 is 0 Å². The van der Waals surface area contributed by atoms with E-state index in [0.717, 1.165) is 36.4 Å². The predicted octanol–water partition coefficient (Wildman–Crippen LogP) is 3.10. The van der Waals surface area contributed by atoms with E-state index in [1.807, 2.05) is 32.0 Å². The molecular formula is C20H25NO2. The molecule has 0 saturated carbocycles. The number of β-amino-alcohol motifs (C(OH)–C–C–N with tert-alkyl or cyclic N) is 1. The minimum Gasteiger partial charge on any atom is -0.490 e. The van der Waals surface area contributed by atoms with E-state index in [9.17, 15) is 5.11 Å². The monoisotopic (exact) mass is 311 g/mol. The molecule has 2 aromatic carbocycles. The molecule has 1 N–H and O–H groups in total. The zero-order valence-electron chi connectivity index (χ0n) is 14.0. The average molecular weight is 311 g/mol. The number of benzene rings is 2. The molecule has 3 heteroatoms. The smallest absolute Gasteiger partial charge is 0.125 e. The number of hydrogen-bond acceptors (Lipinski definition) is 3. The molecule has 122 valence electrons. The van der Waals surface area contributed by atoms with Crippen LogP contribution in [0.3, 0.4) is 0 Å². The fourth-order valence-electron chi connectivity index (χ4n) is 3.27. The van der Waals surface area contributed by atoms with Gasteiger partial charge in [-0.2, -0.15) is 0 Å². The van der Waals surface area contributed by atoms with Crippen molar-refractivity contribution < 1.29 is 9.84 Å². The largest absolute Gasteiger partial charge is 0.490 e. The average Bonchev–Trinajstić information content (AvgIpc) is 2.54. The molecular weight excluding hydrogens is 286 g/mol. The Bertz CT molecular complexity index is 648. The lowest BCUT2D eigenvalue weighted by Crippen LogP contribution is -2.38. The molecule has 3 nitrogen and oxygen atoms in total. The van der Waals surface area contributed by atoms with Crippen molar-refractivity contribution in [2.75, 3.05) is 19.7 Å². The summed E-state index contributed by atoms with van der Waals surface area (Å²) in [4.78, 5) is 2.31. The second-order valence-electron chi connectivity index (χ2n) is 6.44. The van der Waals surface area contributed by atoms with Crippen LogP contribution in [-0.2, 0) is 13.0 Å². The molecule has 3 rings (SSSR count). The van der Waals surface area contributed by atoms with Gasteiger partial charge in [-0.15, -0.1) is 0 Å². The van der Waals surface area contributed by atoms with Gasteiger partial charge in [0.05, 0.1) is 0 Å². The van der Waals surface area contributed by atoms with Gasteiger partial charge in [-0.3, -0.25) is 4.90 Å². The Kier molecular flexibility index (Phi) is 4.99. The number of rotatable bonds is 5. The van der Waals surface area contributed by atoms with Crippen LogP contribution in [0.1, 0.15) is 22.3 Å². The van der Waals surface area contributed by atoms with E-state index in [1.165, 1.54) is 11.1 Å². The number of aliphatic hydroxyl groups is 1. The first-order valence-electron chi connectivity index (χ1n) is 8.29. The number of nitrogens with zero attached hydrogens (tertiary/aromatic N) is 1. The summed E-state index contributed by atoms with van der Waals surface area (Å²) in [5.74, 6) is 0.899. The zero-order valence-corrected chi connectivity index (χ0v) is 14.0. The maximum Gasteiger partial charge on any atom is 0.125 e. The Morgan fingerprint density at radius 1 is 1.04 bits per heavy atom. The van der Waals surface area contributed by atoms with Gasteiger partial charge in [0, 0.05) is 19.6 Å². The summed E-state index contributed by atoms with van der Waals surface area (Å²) in [5, 5.41) is 10.3. The van der Waals surface area contributed by atoms with Crippen molar-refractivity contribution in [1.29, 1.82) is 0 Å². The summed E-state index contributed by atoms with van der Waals surface area (Å²) in [6, 6.07) is 14.7. The third-order valence-electron chi connectivity index (χ3n) is 4.51. The quantitative estimate of drug-likeness (QED) is 0.921. The van der Waals surface area contributed by atoms with Crippen molar-refractivity contribution in [3.05, 3.63) is 64.7 Å². The van der Waals surface area contributed by atoms with E-state index < -0.39 is 6.10 Å². The van der Waals surface area contributed by atoms with Gasteiger partial charge in [-0.05, 0) is 42.5 Å². The van der Waals surface area contributed by atoms with E-state index in [4.69, 9.17) is 4.74 Å². The highest BCUT2D eigenvalue weighted by Gasteiger charge is 2.19. The maximum absolute atomic E-state index is 10.3. The Labute approximate surface area is 138 Å². The van der Waals surface area contributed by atoms with Crippen LogP contribution < -0.4 is 4.74 Å². The van der Waals surface area contributed by atoms with Gasteiger partial charge in [0.25, 0.3) is 0 Å². The van der Waals surface area contributed by atoms with Crippen LogP contribution in [-0.4, -0.2) is 35.8 Å². The van der Waals surface area contributed by atoms with Crippen molar-refractivity contribution in [1.82, 2.24) is 4.90 Å². The molecule has 0 amide bonds. The van der Waals surface area contributed by atoms with Crippen LogP contribution in [0.25, 0.3) is 0 Å². The summed E-state index contributed by atoms with van der Waals surface area (Å²) in [6.07, 6.45) is 0.583. The van der Waals surface area contributed by atoms with E-state index in [1.54, 1.807) is 0 Å². The Morgan fingerprint density at radius 3 is 2.48 bits per heavy atom. The molecule has 0 saturated heterocycles. The molecule has 0 unspecified atom stereocenters. The highest BCUT2D eigenvalue weighted by Crippen LogP contribution is 2.23. The first kappa shape index (κ1) is 16.0. The van der Waals surface area contributed by atoms with Gasteiger partial charge in [0.15, 0.2) is 0 Å². The lowest BCUT2D eigenvalue weighted by atomic mass is 10.00. The fourth-order valence-corrected chi connectivity index (χ4v) is 3.27. The van der Waals surface area contributed by atoms with E-state index in [2.05, 4.69) is 29.2 Å². The summed E-state index contributed by atoms with van der Waals surface area (Å²) in [7, 11) is 0. The van der Waals surface area contributed by atoms with Gasteiger partial charge < -0.3 is 9.84 Å². The molecule has 0 aliphatic carbocycles. The predicted molar refractivity (Wildman–Crippen MR) is 92.8 cm³/mol. The molecule has 2 aromatic rings. The van der Waals surface area contributed by atoms with Crippen molar-refractivity contribution >= 4 is 0 Å². The van der Waals surface area contributed by atoms with Gasteiger partial charge >= 0.3 is 0 Å². The van der Waals surface area contributed by atoms with Crippen LogP contribution in [0.5, 0.6) is 5.75 Å². The summed E-state index contributed by atoms with van der Waals surface area (Å²) in [5.41, 5.74) is 5.04. The van der Waals surface area contributed by atoms with E-state index in [-0.39, 0.29) is 0 Å². The Morgan fingerprint density at radius 2 is 1.74 bits per heavy atom. The van der Waals surface area contributed by atoms with Crippen LogP contribution >= 0.6 is 0 Å². The third-order valence-corrected chi connectivity index (χ3v) is 4.51. The SMILES string of the molecule is Cc1cccc(C)c1OC[C@H](O)CN1CCc2ccccc2C1. The lowest BCUT2D eigenvalue weighted by Gasteiger charge is -2.30. The Balaban J connectivity index is 1.53. The third kappa shape index (κ3) is 3.92. The molecule has 1 atom stereocenters. The van der Waals surface area contributed by atoms with Crippen LogP contribution in [0.2, 0.25) is 0 Å². The van der Waals surface area contributed by atoms with Crippen molar-refractivity contribution in [2.24, 2.45) is 0 Å². The molecule has 0 bridgehead atoms.